The number of hydrogen-bond acceptors (Lipinski definition) is 4. The van der Waals surface area contributed by atoms with E-state index in [0.29, 0.717) is 31.6 Å². The van der Waals surface area contributed by atoms with Crippen molar-refractivity contribution in [2.24, 2.45) is 0 Å². The fraction of sp³-hybridized carbons (Fsp3) is 0.238. The number of carbonyl (C=O) groups is 1. The normalized spacial score (nSPS) is 13.3. The number of fused-ring (bicyclic) bond motifs is 1. The third-order valence-electron chi connectivity index (χ3n) is 4.76. The first-order valence-electron chi connectivity index (χ1n) is 8.96. The van der Waals surface area contributed by atoms with Gasteiger partial charge in [-0.15, -0.1) is 0 Å². The van der Waals surface area contributed by atoms with Crippen molar-refractivity contribution in [3.05, 3.63) is 93.2 Å². The molecule has 2 aromatic heterocycles. The van der Waals surface area contributed by atoms with E-state index >= 15 is 0 Å². The van der Waals surface area contributed by atoms with Crippen LogP contribution in [0.2, 0.25) is 0 Å². The van der Waals surface area contributed by atoms with Gasteiger partial charge in [-0.3, -0.25) is 14.6 Å². The molecule has 0 saturated carbocycles. The number of benzene rings is 1. The van der Waals surface area contributed by atoms with Gasteiger partial charge in [0.1, 0.15) is 0 Å². The second-order valence-electron chi connectivity index (χ2n) is 6.76. The van der Waals surface area contributed by atoms with E-state index in [9.17, 15) is 9.59 Å². The summed E-state index contributed by atoms with van der Waals surface area (Å²) in [6, 6.07) is 15.0. The highest BCUT2D eigenvalue weighted by Gasteiger charge is 2.24. The molecular formula is C21H20N4O2. The monoisotopic (exact) mass is 360 g/mol. The van der Waals surface area contributed by atoms with Gasteiger partial charge in [-0.05, 0) is 24.6 Å². The molecule has 6 heteroatoms. The summed E-state index contributed by atoms with van der Waals surface area (Å²) in [5, 5.41) is 4.54. The van der Waals surface area contributed by atoms with Gasteiger partial charge in [0.25, 0.3) is 11.5 Å². The minimum absolute atomic E-state index is 0.0679. The van der Waals surface area contributed by atoms with Gasteiger partial charge in [0.15, 0.2) is 0 Å². The molecule has 136 valence electrons. The zero-order chi connectivity index (χ0) is 18.8. The third kappa shape index (κ3) is 3.65. The topological polar surface area (TPSA) is 68.1 Å². The van der Waals surface area contributed by atoms with E-state index in [0.717, 1.165) is 22.5 Å². The molecule has 0 atom stereocenters. The number of aromatic nitrogens is 3. The Morgan fingerprint density at radius 3 is 2.70 bits per heavy atom. The summed E-state index contributed by atoms with van der Waals surface area (Å²) in [6.45, 7) is 3.31. The molecule has 3 aromatic rings. The molecule has 0 aliphatic carbocycles. The Kier molecular flexibility index (Phi) is 4.54. The molecule has 0 unspecified atom stereocenters. The van der Waals surface area contributed by atoms with Crippen LogP contribution in [0.15, 0.2) is 59.5 Å². The summed E-state index contributed by atoms with van der Waals surface area (Å²) < 4.78 is 1.50. The highest BCUT2D eigenvalue weighted by molar-refractivity contribution is 5.94. The predicted octanol–water partition coefficient (Wildman–Crippen LogP) is 2.19. The first-order chi connectivity index (χ1) is 13.1. The average molecular weight is 360 g/mol. The number of hydrogen-bond donors (Lipinski definition) is 0. The van der Waals surface area contributed by atoms with Crippen molar-refractivity contribution in [3.63, 3.8) is 0 Å². The SMILES string of the molecule is Cc1ccc(C(=O)N2CCc3nn(Cc4ccccc4)c(=O)cc3C2)cn1. The third-order valence-corrected chi connectivity index (χ3v) is 4.76. The molecule has 27 heavy (non-hydrogen) atoms. The lowest BCUT2D eigenvalue weighted by Crippen LogP contribution is -2.38. The van der Waals surface area contributed by atoms with E-state index < -0.39 is 0 Å². The highest BCUT2D eigenvalue weighted by atomic mass is 16.2. The van der Waals surface area contributed by atoms with Crippen LogP contribution < -0.4 is 5.56 Å². The number of nitrogens with zero attached hydrogens (tertiary/aromatic N) is 4. The minimum Gasteiger partial charge on any atom is -0.334 e. The second-order valence-corrected chi connectivity index (χ2v) is 6.76. The van der Waals surface area contributed by atoms with Crippen molar-refractivity contribution in [1.29, 1.82) is 0 Å². The van der Waals surface area contributed by atoms with Crippen LogP contribution in [0.3, 0.4) is 0 Å². The first-order valence-corrected chi connectivity index (χ1v) is 8.96. The number of pyridine rings is 1. The molecule has 3 heterocycles. The van der Waals surface area contributed by atoms with Gasteiger partial charge in [0.05, 0.1) is 17.8 Å². The Hall–Kier alpha value is -3.28. The van der Waals surface area contributed by atoms with Crippen LogP contribution in [0.5, 0.6) is 0 Å². The molecule has 1 aliphatic rings. The Balaban J connectivity index is 1.55. The van der Waals surface area contributed by atoms with E-state index in [1.54, 1.807) is 23.2 Å². The van der Waals surface area contributed by atoms with E-state index in [4.69, 9.17) is 0 Å². The lowest BCUT2D eigenvalue weighted by molar-refractivity contribution is 0.0732. The Labute approximate surface area is 157 Å². The molecule has 1 aromatic carbocycles. The molecule has 1 amide bonds. The van der Waals surface area contributed by atoms with Crippen molar-refractivity contribution in [3.8, 4) is 0 Å². The van der Waals surface area contributed by atoms with Gasteiger partial charge in [0.2, 0.25) is 0 Å². The number of aryl methyl sites for hydroxylation is 1. The van der Waals surface area contributed by atoms with Crippen LogP contribution >= 0.6 is 0 Å². The van der Waals surface area contributed by atoms with Crippen molar-refractivity contribution in [2.45, 2.75) is 26.4 Å². The molecule has 0 saturated heterocycles. The number of rotatable bonds is 3. The minimum atomic E-state index is -0.149. The van der Waals surface area contributed by atoms with E-state index in [1.165, 1.54) is 4.68 Å². The van der Waals surface area contributed by atoms with E-state index in [1.807, 2.05) is 43.3 Å². The standard InChI is InChI=1S/C21H20N4O2/c1-15-7-8-17(12-22-15)21(27)24-10-9-19-18(14-24)11-20(26)25(23-19)13-16-5-3-2-4-6-16/h2-8,11-12H,9-10,13-14H2,1H3. The fourth-order valence-electron chi connectivity index (χ4n) is 3.26. The van der Waals surface area contributed by atoms with Gasteiger partial charge < -0.3 is 4.90 Å². The van der Waals surface area contributed by atoms with Crippen LogP contribution in [-0.4, -0.2) is 32.1 Å². The maximum absolute atomic E-state index is 12.7. The Morgan fingerprint density at radius 2 is 1.96 bits per heavy atom. The van der Waals surface area contributed by atoms with Crippen LogP contribution in [-0.2, 0) is 19.5 Å². The fourth-order valence-corrected chi connectivity index (χ4v) is 3.26. The molecule has 6 nitrogen and oxygen atoms in total. The molecule has 0 bridgehead atoms. The van der Waals surface area contributed by atoms with Gasteiger partial charge in [-0.2, -0.15) is 5.10 Å². The Morgan fingerprint density at radius 1 is 1.15 bits per heavy atom. The molecular weight excluding hydrogens is 340 g/mol. The molecule has 0 spiro atoms. The van der Waals surface area contributed by atoms with Gasteiger partial charge in [0, 0.05) is 43.0 Å². The molecule has 0 fully saturated rings. The van der Waals surface area contributed by atoms with Gasteiger partial charge in [-0.1, -0.05) is 30.3 Å². The van der Waals surface area contributed by atoms with E-state index in [-0.39, 0.29) is 11.5 Å². The van der Waals surface area contributed by atoms with Crippen molar-refractivity contribution in [2.75, 3.05) is 6.54 Å². The highest BCUT2D eigenvalue weighted by Crippen LogP contribution is 2.18. The van der Waals surface area contributed by atoms with Gasteiger partial charge in [-0.25, -0.2) is 4.68 Å². The van der Waals surface area contributed by atoms with Crippen LogP contribution in [0.25, 0.3) is 0 Å². The number of carbonyl (C=O) groups excluding carboxylic acids is 1. The molecule has 0 N–H and O–H groups in total. The summed E-state index contributed by atoms with van der Waals surface area (Å²) in [4.78, 5) is 31.1. The maximum atomic E-state index is 12.7. The summed E-state index contributed by atoms with van der Waals surface area (Å²) in [7, 11) is 0. The van der Waals surface area contributed by atoms with Crippen molar-refractivity contribution >= 4 is 5.91 Å². The molecule has 4 rings (SSSR count). The summed E-state index contributed by atoms with van der Waals surface area (Å²) in [5.41, 5.74) is 4.03. The quantitative estimate of drug-likeness (QED) is 0.718. The van der Waals surface area contributed by atoms with Crippen LogP contribution in [0.4, 0.5) is 0 Å². The summed E-state index contributed by atoms with van der Waals surface area (Å²) in [6.07, 6.45) is 2.23. The Bertz CT molecular complexity index is 1030. The lowest BCUT2D eigenvalue weighted by atomic mass is 10.1. The molecule has 1 aliphatic heterocycles. The largest absolute Gasteiger partial charge is 0.334 e. The summed E-state index contributed by atoms with van der Waals surface area (Å²) in [5.74, 6) is -0.0679. The average Bonchev–Trinajstić information content (AvgIpc) is 2.69. The van der Waals surface area contributed by atoms with Crippen molar-refractivity contribution in [1.82, 2.24) is 19.7 Å². The maximum Gasteiger partial charge on any atom is 0.267 e. The second kappa shape index (κ2) is 7.15. The molecule has 0 radical (unpaired) electrons. The zero-order valence-corrected chi connectivity index (χ0v) is 15.1. The zero-order valence-electron chi connectivity index (χ0n) is 15.1. The predicted molar refractivity (Wildman–Crippen MR) is 101 cm³/mol. The number of amides is 1. The van der Waals surface area contributed by atoms with Gasteiger partial charge >= 0.3 is 0 Å². The first kappa shape index (κ1) is 17.1. The van der Waals surface area contributed by atoms with Crippen LogP contribution in [0.1, 0.15) is 32.9 Å². The van der Waals surface area contributed by atoms with Crippen LogP contribution in [0, 0.1) is 6.92 Å². The van der Waals surface area contributed by atoms with E-state index in [2.05, 4.69) is 10.1 Å². The van der Waals surface area contributed by atoms with Crippen molar-refractivity contribution < 1.29 is 4.79 Å². The lowest BCUT2D eigenvalue weighted by Gasteiger charge is -2.28. The summed E-state index contributed by atoms with van der Waals surface area (Å²) >= 11 is 0. The smallest absolute Gasteiger partial charge is 0.267 e.